The van der Waals surface area contributed by atoms with Gasteiger partial charge < -0.3 is 10.4 Å². The van der Waals surface area contributed by atoms with E-state index < -0.39 is 0 Å². The minimum Gasteiger partial charge on any atom is -0.394 e. The Hall–Kier alpha value is -0.970. The third kappa shape index (κ3) is 3.07. The molecule has 1 aromatic carbocycles. The van der Waals surface area contributed by atoms with Gasteiger partial charge in [-0.05, 0) is 43.1 Å². The van der Waals surface area contributed by atoms with Crippen LogP contribution in [0.15, 0.2) is 18.2 Å². The van der Waals surface area contributed by atoms with E-state index in [1.54, 1.807) is 12.1 Å². The number of aliphatic hydroxyl groups is 1. The highest BCUT2D eigenvalue weighted by Gasteiger charge is 2.22. The zero-order chi connectivity index (χ0) is 13.0. The second-order valence-electron chi connectivity index (χ2n) is 4.84. The number of halogens is 1. The van der Waals surface area contributed by atoms with Crippen LogP contribution in [0.4, 0.5) is 4.39 Å². The Morgan fingerprint density at radius 1 is 1.39 bits per heavy atom. The van der Waals surface area contributed by atoms with Gasteiger partial charge in [-0.1, -0.05) is 6.07 Å². The Balaban J connectivity index is 2.23. The zero-order valence-corrected chi connectivity index (χ0v) is 10.8. The number of rotatable bonds is 3. The lowest BCUT2D eigenvalue weighted by Gasteiger charge is -2.30. The summed E-state index contributed by atoms with van der Waals surface area (Å²) in [5, 5.41) is 13.0. The van der Waals surface area contributed by atoms with E-state index in [2.05, 4.69) is 10.2 Å². The second-order valence-corrected chi connectivity index (χ2v) is 4.84. The van der Waals surface area contributed by atoms with Crippen LogP contribution in [0.5, 0.6) is 0 Å². The molecule has 1 aliphatic heterocycles. The molecule has 3 nitrogen and oxygen atoms in total. The molecule has 18 heavy (non-hydrogen) atoms. The van der Waals surface area contributed by atoms with Crippen LogP contribution in [0, 0.1) is 12.7 Å². The fraction of sp³-hybridized carbons (Fsp3) is 0.571. The van der Waals surface area contributed by atoms with Gasteiger partial charge in [0.2, 0.25) is 0 Å². The van der Waals surface area contributed by atoms with Crippen LogP contribution in [0.3, 0.4) is 0 Å². The lowest BCUT2D eigenvalue weighted by molar-refractivity contribution is 0.129. The first kappa shape index (κ1) is 13.5. The molecular formula is C14H21FN2O. The first-order chi connectivity index (χ1) is 8.72. The summed E-state index contributed by atoms with van der Waals surface area (Å²) in [6.45, 7) is 5.76. The molecule has 1 aromatic rings. The predicted octanol–water partition coefficient (Wildman–Crippen LogP) is 1.46. The molecule has 1 heterocycles. The average Bonchev–Trinajstić information content (AvgIpc) is 2.64. The maximum Gasteiger partial charge on any atom is 0.123 e. The Morgan fingerprint density at radius 2 is 2.22 bits per heavy atom. The van der Waals surface area contributed by atoms with Gasteiger partial charge in [-0.2, -0.15) is 0 Å². The fourth-order valence-electron chi connectivity index (χ4n) is 2.56. The number of nitrogens with zero attached hydrogens (tertiary/aromatic N) is 1. The summed E-state index contributed by atoms with van der Waals surface area (Å²) in [5.41, 5.74) is 1.94. The van der Waals surface area contributed by atoms with E-state index in [-0.39, 0.29) is 18.5 Å². The molecule has 0 bridgehead atoms. The molecule has 1 atom stereocenters. The quantitative estimate of drug-likeness (QED) is 0.855. The molecule has 0 spiro atoms. The van der Waals surface area contributed by atoms with Crippen molar-refractivity contribution in [2.24, 2.45) is 0 Å². The van der Waals surface area contributed by atoms with Crippen molar-refractivity contribution in [2.75, 3.05) is 32.8 Å². The van der Waals surface area contributed by atoms with Crippen LogP contribution >= 0.6 is 0 Å². The van der Waals surface area contributed by atoms with Crippen LogP contribution in [0.1, 0.15) is 23.6 Å². The Labute approximate surface area is 108 Å². The molecule has 0 amide bonds. The van der Waals surface area contributed by atoms with Crippen LogP contribution in [0.25, 0.3) is 0 Å². The normalized spacial score (nSPS) is 19.5. The van der Waals surface area contributed by atoms with E-state index in [1.807, 2.05) is 6.92 Å². The van der Waals surface area contributed by atoms with E-state index in [9.17, 15) is 9.50 Å². The first-order valence-corrected chi connectivity index (χ1v) is 6.54. The summed E-state index contributed by atoms with van der Waals surface area (Å²) >= 11 is 0. The highest BCUT2D eigenvalue weighted by molar-refractivity contribution is 5.29. The molecule has 100 valence electrons. The smallest absolute Gasteiger partial charge is 0.123 e. The number of nitrogens with one attached hydrogen (secondary N) is 1. The maximum atomic E-state index is 13.4. The summed E-state index contributed by atoms with van der Waals surface area (Å²) in [6, 6.07) is 4.70. The van der Waals surface area contributed by atoms with Gasteiger partial charge in [0.15, 0.2) is 0 Å². The molecule has 2 rings (SSSR count). The topological polar surface area (TPSA) is 35.5 Å². The fourth-order valence-corrected chi connectivity index (χ4v) is 2.56. The van der Waals surface area contributed by atoms with Gasteiger partial charge in [0, 0.05) is 19.6 Å². The van der Waals surface area contributed by atoms with E-state index in [1.165, 1.54) is 6.07 Å². The summed E-state index contributed by atoms with van der Waals surface area (Å²) in [7, 11) is 0. The van der Waals surface area contributed by atoms with Crippen molar-refractivity contribution in [1.82, 2.24) is 10.2 Å². The molecule has 1 unspecified atom stereocenters. The SMILES string of the molecule is Cc1ccc(F)cc1C(CO)N1CCCNCC1. The molecule has 4 heteroatoms. The summed E-state index contributed by atoms with van der Waals surface area (Å²) in [4.78, 5) is 2.24. The highest BCUT2D eigenvalue weighted by Crippen LogP contribution is 2.24. The minimum atomic E-state index is -0.234. The van der Waals surface area contributed by atoms with E-state index in [0.717, 1.165) is 43.7 Å². The Morgan fingerprint density at radius 3 is 3.00 bits per heavy atom. The van der Waals surface area contributed by atoms with Gasteiger partial charge in [-0.3, -0.25) is 4.90 Å². The van der Waals surface area contributed by atoms with Crippen molar-refractivity contribution < 1.29 is 9.50 Å². The Kier molecular flexibility index (Phi) is 4.69. The molecule has 0 aromatic heterocycles. The van der Waals surface area contributed by atoms with Crippen molar-refractivity contribution in [3.05, 3.63) is 35.1 Å². The van der Waals surface area contributed by atoms with Gasteiger partial charge >= 0.3 is 0 Å². The standard InChI is InChI=1S/C14H21FN2O/c1-11-3-4-12(15)9-13(11)14(10-18)17-7-2-5-16-6-8-17/h3-4,9,14,16,18H,2,5-8,10H2,1H3. The zero-order valence-electron chi connectivity index (χ0n) is 10.8. The Bertz CT molecular complexity index is 389. The van der Waals surface area contributed by atoms with Crippen molar-refractivity contribution in [2.45, 2.75) is 19.4 Å². The van der Waals surface area contributed by atoms with Crippen LogP contribution in [-0.2, 0) is 0 Å². The average molecular weight is 252 g/mol. The first-order valence-electron chi connectivity index (χ1n) is 6.54. The van der Waals surface area contributed by atoms with E-state index in [4.69, 9.17) is 0 Å². The molecule has 0 radical (unpaired) electrons. The third-order valence-corrected chi connectivity index (χ3v) is 3.59. The largest absolute Gasteiger partial charge is 0.394 e. The molecule has 1 fully saturated rings. The molecule has 0 aliphatic carbocycles. The number of hydrogen-bond donors (Lipinski definition) is 2. The minimum absolute atomic E-state index is 0.0320. The van der Waals surface area contributed by atoms with Gasteiger partial charge in [-0.25, -0.2) is 4.39 Å². The molecular weight excluding hydrogens is 231 g/mol. The van der Waals surface area contributed by atoms with E-state index in [0.29, 0.717) is 0 Å². The summed E-state index contributed by atoms with van der Waals surface area (Å²) < 4.78 is 13.4. The molecule has 0 saturated carbocycles. The summed E-state index contributed by atoms with van der Waals surface area (Å²) in [6.07, 6.45) is 1.06. The molecule has 1 aliphatic rings. The van der Waals surface area contributed by atoms with Gasteiger partial charge in [0.1, 0.15) is 5.82 Å². The number of benzene rings is 1. The number of aliphatic hydroxyl groups excluding tert-OH is 1. The van der Waals surface area contributed by atoms with Crippen molar-refractivity contribution in [1.29, 1.82) is 0 Å². The predicted molar refractivity (Wildman–Crippen MR) is 70.0 cm³/mol. The van der Waals surface area contributed by atoms with Crippen LogP contribution in [-0.4, -0.2) is 42.8 Å². The van der Waals surface area contributed by atoms with Crippen molar-refractivity contribution in [3.8, 4) is 0 Å². The number of aryl methyl sites for hydroxylation is 1. The van der Waals surface area contributed by atoms with Crippen molar-refractivity contribution in [3.63, 3.8) is 0 Å². The van der Waals surface area contributed by atoms with Crippen LogP contribution < -0.4 is 5.32 Å². The maximum absolute atomic E-state index is 13.4. The monoisotopic (exact) mass is 252 g/mol. The lowest BCUT2D eigenvalue weighted by atomic mass is 10.00. The summed E-state index contributed by atoms with van der Waals surface area (Å²) in [5.74, 6) is -0.234. The molecule has 2 N–H and O–H groups in total. The molecule has 1 saturated heterocycles. The highest BCUT2D eigenvalue weighted by atomic mass is 19.1. The van der Waals surface area contributed by atoms with Gasteiger partial charge in [-0.15, -0.1) is 0 Å². The lowest BCUT2D eigenvalue weighted by Crippen LogP contribution is -2.34. The second kappa shape index (κ2) is 6.27. The van der Waals surface area contributed by atoms with Gasteiger partial charge in [0.25, 0.3) is 0 Å². The van der Waals surface area contributed by atoms with Gasteiger partial charge in [0.05, 0.1) is 12.6 Å². The van der Waals surface area contributed by atoms with Crippen LogP contribution in [0.2, 0.25) is 0 Å². The number of hydrogen-bond acceptors (Lipinski definition) is 3. The van der Waals surface area contributed by atoms with Crippen molar-refractivity contribution >= 4 is 0 Å². The van der Waals surface area contributed by atoms with E-state index >= 15 is 0 Å². The third-order valence-electron chi connectivity index (χ3n) is 3.59.